The third kappa shape index (κ3) is 3.10. The number of rotatable bonds is 5. The van der Waals surface area contributed by atoms with Crippen LogP contribution in [-0.4, -0.2) is 34.9 Å². The summed E-state index contributed by atoms with van der Waals surface area (Å²) in [6.45, 7) is 6.10. The summed E-state index contributed by atoms with van der Waals surface area (Å²) < 4.78 is 5.25. The average molecular weight is 289 g/mol. The Balaban J connectivity index is 2.33. The minimum Gasteiger partial charge on any atom is -0.447 e. The van der Waals surface area contributed by atoms with Crippen molar-refractivity contribution in [2.45, 2.75) is 38.8 Å². The lowest BCUT2D eigenvalue weighted by Crippen LogP contribution is -2.51. The van der Waals surface area contributed by atoms with Crippen molar-refractivity contribution in [2.24, 2.45) is 0 Å². The Bertz CT molecular complexity index is 522. The van der Waals surface area contributed by atoms with Crippen molar-refractivity contribution in [2.75, 3.05) is 13.2 Å². The second-order valence-electron chi connectivity index (χ2n) is 5.88. The molecule has 1 aliphatic heterocycles. The highest BCUT2D eigenvalue weighted by molar-refractivity contribution is 5.72. The third-order valence-electron chi connectivity index (χ3n) is 4.03. The molecule has 1 aliphatic rings. The van der Waals surface area contributed by atoms with Gasteiger partial charge in [0.15, 0.2) is 0 Å². The molecule has 21 heavy (non-hydrogen) atoms. The van der Waals surface area contributed by atoms with Crippen LogP contribution in [-0.2, 0) is 4.74 Å². The molecular weight excluding hydrogens is 266 g/mol. The molecule has 4 heteroatoms. The predicted octanol–water partition coefficient (Wildman–Crippen LogP) is 3.29. The molecule has 1 heterocycles. The minimum absolute atomic E-state index is 0.111. The smallest absolute Gasteiger partial charge is 0.411 e. The number of ether oxygens (including phenoxy) is 1. The highest BCUT2D eigenvalue weighted by Gasteiger charge is 2.48. The van der Waals surface area contributed by atoms with Crippen LogP contribution in [0.5, 0.6) is 0 Å². The van der Waals surface area contributed by atoms with Gasteiger partial charge in [0.2, 0.25) is 0 Å². The Kier molecular flexibility index (Phi) is 4.68. The number of nitrogens with zero attached hydrogens (tertiary/aromatic N) is 1. The van der Waals surface area contributed by atoms with E-state index in [9.17, 15) is 9.90 Å². The number of cyclic esters (lactones) is 1. The molecule has 0 bridgehead atoms. The lowest BCUT2D eigenvalue weighted by molar-refractivity contribution is 0.0646. The van der Waals surface area contributed by atoms with E-state index in [1.165, 1.54) is 0 Å². The van der Waals surface area contributed by atoms with Crippen molar-refractivity contribution >= 4 is 6.09 Å². The number of benzene rings is 1. The number of hydrogen-bond acceptors (Lipinski definition) is 3. The number of aliphatic hydroxyl groups excluding tert-OH is 1. The molecule has 1 saturated heterocycles. The van der Waals surface area contributed by atoms with Crippen LogP contribution in [0.3, 0.4) is 0 Å². The van der Waals surface area contributed by atoms with Crippen LogP contribution in [0.2, 0.25) is 0 Å². The van der Waals surface area contributed by atoms with Crippen LogP contribution in [0.25, 0.3) is 0 Å². The van der Waals surface area contributed by atoms with Gasteiger partial charge in [-0.05, 0) is 32.8 Å². The fraction of sp³-hybridized carbons (Fsp3) is 0.471. The molecular formula is C17H23NO3. The highest BCUT2D eigenvalue weighted by atomic mass is 16.6. The van der Waals surface area contributed by atoms with E-state index < -0.39 is 5.54 Å². The fourth-order valence-corrected chi connectivity index (χ4v) is 2.72. The lowest BCUT2D eigenvalue weighted by Gasteiger charge is -2.37. The topological polar surface area (TPSA) is 49.8 Å². The normalized spacial score (nSPS) is 22.9. The second kappa shape index (κ2) is 6.31. The summed E-state index contributed by atoms with van der Waals surface area (Å²) in [5, 5.41) is 9.91. The maximum Gasteiger partial charge on any atom is 0.411 e. The Labute approximate surface area is 126 Å². The van der Waals surface area contributed by atoms with E-state index in [2.05, 4.69) is 0 Å². The molecule has 0 saturated carbocycles. The van der Waals surface area contributed by atoms with Crippen LogP contribution >= 0.6 is 0 Å². The molecule has 1 amide bonds. The lowest BCUT2D eigenvalue weighted by atomic mass is 9.92. The van der Waals surface area contributed by atoms with E-state index in [4.69, 9.17) is 4.74 Å². The Hall–Kier alpha value is -1.81. The first-order valence-electron chi connectivity index (χ1n) is 7.25. The number of carbonyl (C=O) groups excluding carboxylic acids is 1. The number of amides is 1. The summed E-state index contributed by atoms with van der Waals surface area (Å²) in [4.78, 5) is 13.9. The third-order valence-corrected chi connectivity index (χ3v) is 4.03. The van der Waals surface area contributed by atoms with E-state index in [0.29, 0.717) is 6.42 Å². The zero-order valence-corrected chi connectivity index (χ0v) is 12.9. The van der Waals surface area contributed by atoms with Crippen LogP contribution < -0.4 is 0 Å². The van der Waals surface area contributed by atoms with Crippen molar-refractivity contribution in [3.05, 3.63) is 47.5 Å². The molecule has 114 valence electrons. The van der Waals surface area contributed by atoms with Crippen LogP contribution in [0.15, 0.2) is 42.0 Å². The van der Waals surface area contributed by atoms with Gasteiger partial charge in [0.05, 0.1) is 12.6 Å². The van der Waals surface area contributed by atoms with E-state index in [0.717, 1.165) is 11.1 Å². The van der Waals surface area contributed by atoms with Crippen molar-refractivity contribution in [3.63, 3.8) is 0 Å². The number of carbonyl (C=O) groups is 1. The summed E-state index contributed by atoms with van der Waals surface area (Å²) in [6, 6.07) is 9.67. The molecule has 0 radical (unpaired) electrons. The standard InChI is InChI=1S/C17H23NO3/c1-13(2)9-10-17(11-19)12-21-16(20)18(17)14(3)15-7-5-4-6-8-15/h4-9,14,19H,10-12H2,1-3H3/t14?,17-/m1/s1. The SMILES string of the molecule is CC(C)=CC[C@@]1(CO)COC(=O)N1C(C)c1ccccc1. The van der Waals surface area contributed by atoms with Gasteiger partial charge in [-0.25, -0.2) is 4.79 Å². The van der Waals surface area contributed by atoms with Crippen LogP contribution in [0.1, 0.15) is 38.8 Å². The van der Waals surface area contributed by atoms with Crippen LogP contribution in [0, 0.1) is 0 Å². The molecule has 2 rings (SSSR count). The molecule has 1 N–H and O–H groups in total. The quantitative estimate of drug-likeness (QED) is 0.846. The summed E-state index contributed by atoms with van der Waals surface area (Å²) in [7, 11) is 0. The first kappa shape index (κ1) is 15.6. The van der Waals surface area contributed by atoms with E-state index >= 15 is 0 Å². The van der Waals surface area contributed by atoms with Gasteiger partial charge < -0.3 is 9.84 Å². The highest BCUT2D eigenvalue weighted by Crippen LogP contribution is 2.36. The first-order chi connectivity index (χ1) is 10.00. The zero-order valence-electron chi connectivity index (χ0n) is 12.9. The van der Waals surface area contributed by atoms with Gasteiger partial charge in [-0.15, -0.1) is 0 Å². The van der Waals surface area contributed by atoms with Crippen molar-refractivity contribution < 1.29 is 14.6 Å². The largest absolute Gasteiger partial charge is 0.447 e. The Morgan fingerprint density at radius 1 is 1.43 bits per heavy atom. The zero-order chi connectivity index (χ0) is 15.5. The Morgan fingerprint density at radius 3 is 2.67 bits per heavy atom. The molecule has 1 unspecified atom stereocenters. The summed E-state index contributed by atoms with van der Waals surface area (Å²) in [5.41, 5.74) is 1.52. The van der Waals surface area contributed by atoms with Crippen molar-refractivity contribution in [1.82, 2.24) is 4.90 Å². The molecule has 0 aromatic heterocycles. The van der Waals surface area contributed by atoms with Crippen molar-refractivity contribution in [3.8, 4) is 0 Å². The summed E-state index contributed by atoms with van der Waals surface area (Å²) in [5.74, 6) is 0. The van der Waals surface area contributed by atoms with Crippen LogP contribution in [0.4, 0.5) is 4.79 Å². The Morgan fingerprint density at radius 2 is 2.10 bits per heavy atom. The summed E-state index contributed by atoms with van der Waals surface area (Å²) in [6.07, 6.45) is 2.28. The molecule has 1 aromatic carbocycles. The molecule has 1 aromatic rings. The molecule has 0 spiro atoms. The van der Waals surface area contributed by atoms with Gasteiger partial charge in [-0.1, -0.05) is 42.0 Å². The number of aliphatic hydroxyl groups is 1. The van der Waals surface area contributed by atoms with Gasteiger partial charge in [0.25, 0.3) is 0 Å². The van der Waals surface area contributed by atoms with Gasteiger partial charge >= 0.3 is 6.09 Å². The van der Waals surface area contributed by atoms with E-state index in [1.54, 1.807) is 4.90 Å². The maximum absolute atomic E-state index is 12.2. The number of hydrogen-bond donors (Lipinski definition) is 1. The molecule has 0 aliphatic carbocycles. The predicted molar refractivity (Wildman–Crippen MR) is 81.9 cm³/mol. The van der Waals surface area contributed by atoms with Crippen molar-refractivity contribution in [1.29, 1.82) is 0 Å². The second-order valence-corrected chi connectivity index (χ2v) is 5.88. The van der Waals surface area contributed by atoms with Gasteiger partial charge in [-0.3, -0.25) is 4.90 Å². The van der Waals surface area contributed by atoms with Gasteiger partial charge in [0.1, 0.15) is 12.1 Å². The molecule has 1 fully saturated rings. The van der Waals surface area contributed by atoms with E-state index in [-0.39, 0.29) is 25.3 Å². The molecule has 4 nitrogen and oxygen atoms in total. The monoisotopic (exact) mass is 289 g/mol. The first-order valence-corrected chi connectivity index (χ1v) is 7.25. The average Bonchev–Trinajstić information content (AvgIpc) is 2.83. The van der Waals surface area contributed by atoms with Gasteiger partial charge in [0, 0.05) is 0 Å². The fourth-order valence-electron chi connectivity index (χ4n) is 2.72. The maximum atomic E-state index is 12.2. The van der Waals surface area contributed by atoms with E-state index in [1.807, 2.05) is 57.2 Å². The number of allylic oxidation sites excluding steroid dienone is 1. The van der Waals surface area contributed by atoms with Gasteiger partial charge in [-0.2, -0.15) is 0 Å². The summed E-state index contributed by atoms with van der Waals surface area (Å²) >= 11 is 0. The molecule has 2 atom stereocenters. The minimum atomic E-state index is -0.677.